The Morgan fingerprint density at radius 2 is 1.92 bits per heavy atom. The average Bonchev–Trinajstić information content (AvgIpc) is 2.69. The summed E-state index contributed by atoms with van der Waals surface area (Å²) in [6.45, 7) is 2.55. The Bertz CT molecular complexity index is 694. The molecule has 3 rings (SSSR count). The summed E-state index contributed by atoms with van der Waals surface area (Å²) >= 11 is 0. The zero-order valence-electron chi connectivity index (χ0n) is 14.7. The van der Waals surface area contributed by atoms with Crippen molar-refractivity contribution in [2.45, 2.75) is 25.7 Å². The van der Waals surface area contributed by atoms with Gasteiger partial charge in [-0.1, -0.05) is 12.1 Å². The van der Waals surface area contributed by atoms with E-state index in [1.807, 2.05) is 36.4 Å². The van der Waals surface area contributed by atoms with Crippen molar-refractivity contribution >= 4 is 11.7 Å². The molecular formula is C20H25N3O2. The van der Waals surface area contributed by atoms with Crippen LogP contribution in [0.1, 0.15) is 35.2 Å². The third kappa shape index (κ3) is 4.50. The van der Waals surface area contributed by atoms with Gasteiger partial charge in [-0.15, -0.1) is 0 Å². The predicted octanol–water partition coefficient (Wildman–Crippen LogP) is 3.05. The van der Waals surface area contributed by atoms with Crippen LogP contribution in [0.5, 0.6) is 5.75 Å². The molecule has 0 aliphatic carbocycles. The fraction of sp³-hybridized carbons (Fsp3) is 0.400. The van der Waals surface area contributed by atoms with Crippen molar-refractivity contribution in [2.75, 3.05) is 31.6 Å². The molecule has 1 aromatic heterocycles. The van der Waals surface area contributed by atoms with Gasteiger partial charge in [-0.2, -0.15) is 0 Å². The summed E-state index contributed by atoms with van der Waals surface area (Å²) in [5, 5.41) is 3.02. The molecule has 25 heavy (non-hydrogen) atoms. The molecule has 0 atom stereocenters. The average molecular weight is 339 g/mol. The van der Waals surface area contributed by atoms with Gasteiger partial charge in [-0.05, 0) is 55.5 Å². The lowest BCUT2D eigenvalue weighted by Crippen LogP contribution is -2.34. The van der Waals surface area contributed by atoms with Gasteiger partial charge in [0.2, 0.25) is 0 Å². The zero-order chi connectivity index (χ0) is 17.5. The molecule has 0 saturated carbocycles. The third-order valence-corrected chi connectivity index (χ3v) is 4.55. The predicted molar refractivity (Wildman–Crippen MR) is 99.3 cm³/mol. The van der Waals surface area contributed by atoms with E-state index in [0.29, 0.717) is 12.1 Å². The number of carbonyl (C=O) groups excluding carboxylic acids is 1. The van der Waals surface area contributed by atoms with E-state index in [-0.39, 0.29) is 5.91 Å². The van der Waals surface area contributed by atoms with Crippen LogP contribution in [-0.2, 0) is 6.42 Å². The van der Waals surface area contributed by atoms with Crippen LogP contribution in [0.15, 0.2) is 42.6 Å². The van der Waals surface area contributed by atoms with Gasteiger partial charge >= 0.3 is 0 Å². The topological polar surface area (TPSA) is 54.5 Å². The summed E-state index contributed by atoms with van der Waals surface area (Å²) in [5.41, 5.74) is 1.84. The monoisotopic (exact) mass is 339 g/mol. The largest absolute Gasteiger partial charge is 0.497 e. The summed E-state index contributed by atoms with van der Waals surface area (Å²) in [6, 6.07) is 11.6. The number of nitrogens with zero attached hydrogens (tertiary/aromatic N) is 2. The summed E-state index contributed by atoms with van der Waals surface area (Å²) in [4.78, 5) is 19.3. The number of aromatic nitrogens is 1. The standard InChI is InChI=1S/C20H25N3O2/c1-25-17-9-7-16(8-10-17)11-13-22-20(24)18-6-5-12-21-19(18)23-14-3-2-4-15-23/h5-10,12H,2-4,11,13-15H2,1H3,(H,22,24). The fourth-order valence-corrected chi connectivity index (χ4v) is 3.14. The first-order valence-corrected chi connectivity index (χ1v) is 8.89. The highest BCUT2D eigenvalue weighted by atomic mass is 16.5. The normalized spacial score (nSPS) is 14.2. The van der Waals surface area contributed by atoms with E-state index in [1.54, 1.807) is 13.3 Å². The number of ether oxygens (including phenoxy) is 1. The number of pyridine rings is 1. The molecule has 1 aromatic carbocycles. The SMILES string of the molecule is COc1ccc(CCNC(=O)c2cccnc2N2CCCCC2)cc1. The Kier molecular flexibility index (Phi) is 5.88. The van der Waals surface area contributed by atoms with E-state index in [1.165, 1.54) is 12.0 Å². The lowest BCUT2D eigenvalue weighted by atomic mass is 10.1. The maximum atomic E-state index is 12.6. The van der Waals surface area contributed by atoms with Gasteiger partial charge in [0.15, 0.2) is 0 Å². The van der Waals surface area contributed by atoms with E-state index in [9.17, 15) is 4.79 Å². The van der Waals surface area contributed by atoms with Gasteiger partial charge < -0.3 is 15.0 Å². The molecule has 0 radical (unpaired) electrons. The smallest absolute Gasteiger partial charge is 0.255 e. The molecule has 0 spiro atoms. The number of hydrogen-bond donors (Lipinski definition) is 1. The van der Waals surface area contributed by atoms with Crippen molar-refractivity contribution in [1.82, 2.24) is 10.3 Å². The van der Waals surface area contributed by atoms with Gasteiger partial charge in [-0.3, -0.25) is 4.79 Å². The van der Waals surface area contributed by atoms with Crippen LogP contribution in [-0.4, -0.2) is 37.6 Å². The van der Waals surface area contributed by atoms with Crippen LogP contribution < -0.4 is 15.0 Å². The molecule has 5 nitrogen and oxygen atoms in total. The molecule has 0 unspecified atom stereocenters. The van der Waals surface area contributed by atoms with E-state index < -0.39 is 0 Å². The molecule has 1 fully saturated rings. The molecule has 132 valence electrons. The van der Waals surface area contributed by atoms with E-state index in [4.69, 9.17) is 4.74 Å². The minimum Gasteiger partial charge on any atom is -0.497 e. The maximum absolute atomic E-state index is 12.6. The van der Waals surface area contributed by atoms with Crippen molar-refractivity contribution in [2.24, 2.45) is 0 Å². The van der Waals surface area contributed by atoms with Crippen LogP contribution >= 0.6 is 0 Å². The van der Waals surface area contributed by atoms with E-state index in [0.717, 1.165) is 43.9 Å². The first kappa shape index (κ1) is 17.3. The number of nitrogens with one attached hydrogen (secondary N) is 1. The molecule has 1 amide bonds. The number of hydrogen-bond acceptors (Lipinski definition) is 4. The van der Waals surface area contributed by atoms with Crippen molar-refractivity contribution in [3.05, 3.63) is 53.7 Å². The Morgan fingerprint density at radius 1 is 1.16 bits per heavy atom. The van der Waals surface area contributed by atoms with Gasteiger partial charge in [0, 0.05) is 25.8 Å². The second-order valence-electron chi connectivity index (χ2n) is 6.28. The highest BCUT2D eigenvalue weighted by molar-refractivity contribution is 5.98. The lowest BCUT2D eigenvalue weighted by Gasteiger charge is -2.29. The summed E-state index contributed by atoms with van der Waals surface area (Å²) in [5.74, 6) is 1.60. The molecule has 1 saturated heterocycles. The highest BCUT2D eigenvalue weighted by Crippen LogP contribution is 2.21. The quantitative estimate of drug-likeness (QED) is 0.879. The molecule has 0 bridgehead atoms. The summed E-state index contributed by atoms with van der Waals surface area (Å²) < 4.78 is 5.16. The zero-order valence-corrected chi connectivity index (χ0v) is 14.7. The van der Waals surface area contributed by atoms with Crippen LogP contribution in [0.4, 0.5) is 5.82 Å². The van der Waals surface area contributed by atoms with Gasteiger partial charge in [0.25, 0.3) is 5.91 Å². The Morgan fingerprint density at radius 3 is 2.64 bits per heavy atom. The van der Waals surface area contributed by atoms with Crippen molar-refractivity contribution in [3.8, 4) is 5.75 Å². The summed E-state index contributed by atoms with van der Waals surface area (Å²) in [7, 11) is 1.66. The number of methoxy groups -OCH3 is 1. The van der Waals surface area contributed by atoms with Gasteiger partial charge in [-0.25, -0.2) is 4.98 Å². The first-order valence-electron chi connectivity index (χ1n) is 8.89. The van der Waals surface area contributed by atoms with Crippen molar-refractivity contribution in [1.29, 1.82) is 0 Å². The molecular weight excluding hydrogens is 314 g/mol. The van der Waals surface area contributed by atoms with Crippen LogP contribution in [0.3, 0.4) is 0 Å². The molecule has 2 heterocycles. The Hall–Kier alpha value is -2.56. The maximum Gasteiger partial charge on any atom is 0.255 e. The number of rotatable bonds is 6. The second-order valence-corrected chi connectivity index (χ2v) is 6.28. The molecule has 2 aromatic rings. The van der Waals surface area contributed by atoms with Crippen LogP contribution in [0.25, 0.3) is 0 Å². The summed E-state index contributed by atoms with van der Waals surface area (Å²) in [6.07, 6.45) is 6.13. The number of carbonyl (C=O) groups is 1. The Balaban J connectivity index is 1.59. The van der Waals surface area contributed by atoms with Crippen molar-refractivity contribution < 1.29 is 9.53 Å². The lowest BCUT2D eigenvalue weighted by molar-refractivity contribution is 0.0954. The number of benzene rings is 1. The first-order chi connectivity index (χ1) is 12.3. The van der Waals surface area contributed by atoms with Crippen molar-refractivity contribution in [3.63, 3.8) is 0 Å². The third-order valence-electron chi connectivity index (χ3n) is 4.55. The molecule has 1 aliphatic rings. The molecule has 5 heteroatoms. The molecule has 1 N–H and O–H groups in total. The van der Waals surface area contributed by atoms with Crippen LogP contribution in [0, 0.1) is 0 Å². The van der Waals surface area contributed by atoms with E-state index in [2.05, 4.69) is 15.2 Å². The highest BCUT2D eigenvalue weighted by Gasteiger charge is 2.19. The van der Waals surface area contributed by atoms with E-state index >= 15 is 0 Å². The van der Waals surface area contributed by atoms with Crippen LogP contribution in [0.2, 0.25) is 0 Å². The van der Waals surface area contributed by atoms with Gasteiger partial charge in [0.1, 0.15) is 11.6 Å². The number of amides is 1. The minimum absolute atomic E-state index is 0.0535. The fourth-order valence-electron chi connectivity index (χ4n) is 3.14. The second kappa shape index (κ2) is 8.51. The Labute approximate surface area is 149 Å². The number of anilines is 1. The van der Waals surface area contributed by atoms with Gasteiger partial charge in [0.05, 0.1) is 12.7 Å². The number of piperidine rings is 1. The minimum atomic E-state index is -0.0535. The molecule has 1 aliphatic heterocycles.